The van der Waals surface area contributed by atoms with Gasteiger partial charge in [0.2, 0.25) is 5.43 Å². The number of piperazine rings is 1. The summed E-state index contributed by atoms with van der Waals surface area (Å²) in [6, 6.07) is 5.95. The van der Waals surface area contributed by atoms with E-state index in [0.717, 1.165) is 6.20 Å². The molecule has 1 amide bonds. The number of rotatable bonds is 5. The average Bonchev–Trinajstić information content (AvgIpc) is 3.73. The molecule has 1 saturated heterocycles. The number of benzene rings is 2. The van der Waals surface area contributed by atoms with Crippen LogP contribution in [-0.2, 0) is 4.79 Å². The molecule has 3 aromatic rings. The number of hydrogen-bond acceptors (Lipinski definition) is 7. The van der Waals surface area contributed by atoms with Crippen molar-refractivity contribution in [3.05, 3.63) is 63.4 Å². The normalized spacial score (nSPS) is 21.4. The van der Waals surface area contributed by atoms with Gasteiger partial charge in [-0.3, -0.25) is 24.2 Å². The number of para-hydroxylation sites is 1. The van der Waals surface area contributed by atoms with E-state index in [1.165, 1.54) is 14.4 Å². The molecule has 10 nitrogen and oxygen atoms in total. The largest absolute Gasteiger partial charge is 0.477 e. The predicted molar refractivity (Wildman–Crippen MR) is 144 cm³/mol. The number of anilines is 3. The van der Waals surface area contributed by atoms with Gasteiger partial charge in [0.05, 0.1) is 34.5 Å². The number of Topliss-reactive ketones (excluding diaryl/α,β-unsaturated/α-hetero) is 1. The molecule has 3 heterocycles. The molecule has 208 valence electrons. The fourth-order valence-electron chi connectivity index (χ4n) is 5.99. The number of carboxylic acids is 1. The Balaban J connectivity index is 1.37. The number of hydrogen-bond donors (Lipinski definition) is 2. The molecule has 12 heteroatoms. The van der Waals surface area contributed by atoms with Crippen LogP contribution in [0.4, 0.5) is 25.8 Å². The smallest absolute Gasteiger partial charge is 0.341 e. The summed E-state index contributed by atoms with van der Waals surface area (Å²) in [6.07, 6.45) is 2.44. The lowest BCUT2D eigenvalue weighted by Gasteiger charge is -2.46. The topological polar surface area (TPSA) is 129 Å². The minimum Gasteiger partial charge on any atom is -0.477 e. The number of nitrogens with zero attached hydrogens (tertiary/aromatic N) is 4. The zero-order valence-electron chi connectivity index (χ0n) is 21.9. The first-order chi connectivity index (χ1) is 19.0. The number of aromatic carboxylic acids is 1. The molecule has 2 aliphatic heterocycles. The number of amides is 1. The Kier molecular flexibility index (Phi) is 5.91. The molecule has 0 bridgehead atoms. The molecule has 0 radical (unpaired) electrons. The van der Waals surface area contributed by atoms with Crippen molar-refractivity contribution in [1.29, 1.82) is 0 Å². The highest BCUT2D eigenvalue weighted by Gasteiger charge is 2.41. The summed E-state index contributed by atoms with van der Waals surface area (Å²) < 4.78 is 33.4. The van der Waals surface area contributed by atoms with Crippen LogP contribution in [0.25, 0.3) is 10.9 Å². The van der Waals surface area contributed by atoms with Crippen LogP contribution in [-0.4, -0.2) is 64.1 Å². The van der Waals surface area contributed by atoms with E-state index >= 15 is 8.78 Å². The van der Waals surface area contributed by atoms with Gasteiger partial charge in [-0.1, -0.05) is 12.1 Å². The second-order valence-electron chi connectivity index (χ2n) is 10.8. The van der Waals surface area contributed by atoms with Crippen molar-refractivity contribution in [3.8, 4) is 0 Å². The lowest BCUT2D eigenvalue weighted by Crippen LogP contribution is -2.60. The Morgan fingerprint density at radius 2 is 1.70 bits per heavy atom. The molecule has 2 atom stereocenters. The van der Waals surface area contributed by atoms with Crippen molar-refractivity contribution < 1.29 is 28.3 Å². The van der Waals surface area contributed by atoms with Gasteiger partial charge < -0.3 is 20.3 Å². The molecule has 2 fully saturated rings. The first kappa shape index (κ1) is 25.9. The standard InChI is InChI=1S/C28H27F2N5O5/c1-13-9-32(10-14(2)34(13)12-35-18-6-4-3-5-16(18)26(37)27(35)38)24-20(29)22(31)19-23(21(24)30)33(15-7-8-15)11-17(25(19)36)28(39)40/h3-6,11,13-15H,7-10,12,31H2,1-2H3,(H,39,40). The first-order valence-electron chi connectivity index (χ1n) is 13.1. The van der Waals surface area contributed by atoms with E-state index in [-0.39, 0.29) is 49.1 Å². The van der Waals surface area contributed by atoms with Crippen LogP contribution in [0, 0.1) is 11.6 Å². The maximum Gasteiger partial charge on any atom is 0.341 e. The molecular formula is C28H27F2N5O5. The lowest BCUT2D eigenvalue weighted by molar-refractivity contribution is -0.114. The van der Waals surface area contributed by atoms with Crippen molar-refractivity contribution in [2.75, 3.05) is 35.3 Å². The van der Waals surface area contributed by atoms with Gasteiger partial charge in [-0.25, -0.2) is 13.6 Å². The number of ketones is 1. The summed E-state index contributed by atoms with van der Waals surface area (Å²) in [5.74, 6) is -4.77. The maximum absolute atomic E-state index is 16.2. The van der Waals surface area contributed by atoms with E-state index in [1.807, 2.05) is 18.7 Å². The van der Waals surface area contributed by atoms with Crippen LogP contribution < -0.4 is 21.0 Å². The van der Waals surface area contributed by atoms with Crippen LogP contribution in [0.5, 0.6) is 0 Å². The minimum absolute atomic E-state index is 0.127. The Labute approximate surface area is 227 Å². The second kappa shape index (κ2) is 9.12. The van der Waals surface area contributed by atoms with Gasteiger partial charge in [-0.2, -0.15) is 0 Å². The van der Waals surface area contributed by atoms with Gasteiger partial charge in [0.25, 0.3) is 5.78 Å². The highest BCUT2D eigenvalue weighted by atomic mass is 19.1. The summed E-state index contributed by atoms with van der Waals surface area (Å²) >= 11 is 0. The Morgan fingerprint density at radius 1 is 1.05 bits per heavy atom. The molecule has 40 heavy (non-hydrogen) atoms. The Bertz CT molecular complexity index is 1670. The predicted octanol–water partition coefficient (Wildman–Crippen LogP) is 2.98. The maximum atomic E-state index is 16.2. The van der Waals surface area contributed by atoms with Crippen LogP contribution in [0.15, 0.2) is 35.3 Å². The number of carbonyl (C=O) groups excluding carboxylic acids is 2. The van der Waals surface area contributed by atoms with Gasteiger partial charge >= 0.3 is 11.9 Å². The molecule has 1 aromatic heterocycles. The highest BCUT2D eigenvalue weighted by molar-refractivity contribution is 6.52. The molecule has 3 N–H and O–H groups in total. The summed E-state index contributed by atoms with van der Waals surface area (Å²) in [6.45, 7) is 4.18. The molecule has 1 aliphatic carbocycles. The van der Waals surface area contributed by atoms with Gasteiger partial charge in [0, 0.05) is 37.4 Å². The van der Waals surface area contributed by atoms with Crippen molar-refractivity contribution in [2.45, 2.75) is 44.8 Å². The number of nitrogens with two attached hydrogens (primary N) is 1. The molecule has 3 aliphatic rings. The number of fused-ring (bicyclic) bond motifs is 2. The van der Waals surface area contributed by atoms with E-state index in [4.69, 9.17) is 5.73 Å². The average molecular weight is 552 g/mol. The zero-order chi connectivity index (χ0) is 28.6. The molecule has 1 saturated carbocycles. The number of nitrogen functional groups attached to an aromatic ring is 1. The van der Waals surface area contributed by atoms with Crippen molar-refractivity contribution in [3.63, 3.8) is 0 Å². The SMILES string of the molecule is CC1CN(c2c(F)c(N)c3c(=O)c(C(=O)O)cn(C4CC4)c3c2F)CC(C)N1CN1C(=O)C(=O)c2ccccc21. The summed E-state index contributed by atoms with van der Waals surface area (Å²) in [5.41, 5.74) is 4.15. The van der Waals surface area contributed by atoms with Gasteiger partial charge in [-0.15, -0.1) is 0 Å². The Morgan fingerprint density at radius 3 is 2.33 bits per heavy atom. The van der Waals surface area contributed by atoms with E-state index < -0.39 is 51.4 Å². The van der Waals surface area contributed by atoms with E-state index in [9.17, 15) is 24.3 Å². The van der Waals surface area contributed by atoms with Gasteiger partial charge in [0.15, 0.2) is 11.6 Å². The molecule has 2 aromatic carbocycles. The summed E-state index contributed by atoms with van der Waals surface area (Å²) in [4.78, 5) is 54.8. The fourth-order valence-corrected chi connectivity index (χ4v) is 5.99. The number of aromatic nitrogens is 1. The lowest BCUT2D eigenvalue weighted by atomic mass is 10.0. The number of halogens is 2. The van der Waals surface area contributed by atoms with E-state index in [0.29, 0.717) is 24.1 Å². The van der Waals surface area contributed by atoms with E-state index in [2.05, 4.69) is 0 Å². The van der Waals surface area contributed by atoms with Crippen LogP contribution in [0.1, 0.15) is 53.4 Å². The monoisotopic (exact) mass is 551 g/mol. The van der Waals surface area contributed by atoms with Crippen LogP contribution in [0.3, 0.4) is 0 Å². The van der Waals surface area contributed by atoms with Gasteiger partial charge in [-0.05, 0) is 38.8 Å². The first-order valence-corrected chi connectivity index (χ1v) is 13.1. The van der Waals surface area contributed by atoms with Crippen LogP contribution >= 0.6 is 0 Å². The molecule has 2 unspecified atom stereocenters. The number of carboxylic acid groups (broad SMARTS) is 1. The quantitative estimate of drug-likeness (QED) is 0.366. The van der Waals surface area contributed by atoms with E-state index in [1.54, 1.807) is 24.3 Å². The third-order valence-electron chi connectivity index (χ3n) is 8.14. The number of pyridine rings is 1. The minimum atomic E-state index is -1.50. The molecular weight excluding hydrogens is 524 g/mol. The Hall–Kier alpha value is -4.32. The number of carbonyl (C=O) groups is 3. The highest BCUT2D eigenvalue weighted by Crippen LogP contribution is 2.42. The molecule has 0 spiro atoms. The van der Waals surface area contributed by atoms with Crippen molar-refractivity contribution >= 4 is 45.6 Å². The van der Waals surface area contributed by atoms with Gasteiger partial charge in [0.1, 0.15) is 11.3 Å². The third kappa shape index (κ3) is 3.77. The summed E-state index contributed by atoms with van der Waals surface area (Å²) in [7, 11) is 0. The van der Waals surface area contributed by atoms with Crippen molar-refractivity contribution in [1.82, 2.24) is 9.47 Å². The second-order valence-corrected chi connectivity index (χ2v) is 10.8. The third-order valence-corrected chi connectivity index (χ3v) is 8.14. The molecule has 6 rings (SSSR count). The van der Waals surface area contributed by atoms with Crippen LogP contribution in [0.2, 0.25) is 0 Å². The van der Waals surface area contributed by atoms with Crippen molar-refractivity contribution in [2.24, 2.45) is 0 Å². The fraction of sp³-hybridized carbons (Fsp3) is 0.357. The summed E-state index contributed by atoms with van der Waals surface area (Å²) in [5, 5.41) is 9.04. The zero-order valence-corrected chi connectivity index (χ0v) is 21.9.